The second-order valence-electron chi connectivity index (χ2n) is 7.71. The van der Waals surface area contributed by atoms with E-state index < -0.39 is 10.0 Å². The number of likely N-dealkylation sites (tertiary alicyclic amines) is 1. The maximum atomic E-state index is 12.7. The highest BCUT2D eigenvalue weighted by atomic mass is 32.2. The van der Waals surface area contributed by atoms with Crippen LogP contribution in [0.25, 0.3) is 0 Å². The third-order valence-corrected chi connectivity index (χ3v) is 7.55. The third kappa shape index (κ3) is 4.45. The largest absolute Gasteiger partial charge is 0.335 e. The number of carbonyl (C=O) groups excluding carboxylic acids is 1. The highest BCUT2D eigenvalue weighted by molar-refractivity contribution is 7.89. The Balaban J connectivity index is 1.53. The molecule has 7 heteroatoms. The van der Waals surface area contributed by atoms with Gasteiger partial charge in [-0.05, 0) is 37.8 Å². The topological polar surface area (TPSA) is 62.1 Å². The van der Waals surface area contributed by atoms with Crippen LogP contribution in [0.3, 0.4) is 0 Å². The maximum absolute atomic E-state index is 12.7. The van der Waals surface area contributed by atoms with E-state index in [1.165, 1.54) is 22.0 Å². The Bertz CT molecular complexity index is 717. The van der Waals surface area contributed by atoms with Crippen LogP contribution in [-0.2, 0) is 14.8 Å². The summed E-state index contributed by atoms with van der Waals surface area (Å²) in [6.45, 7) is 8.57. The van der Waals surface area contributed by atoms with E-state index in [9.17, 15) is 13.2 Å². The summed E-state index contributed by atoms with van der Waals surface area (Å²) in [5.74, 6) is 0.923. The molecule has 0 saturated carbocycles. The van der Waals surface area contributed by atoms with Crippen molar-refractivity contribution in [3.05, 3.63) is 29.8 Å². The zero-order valence-electron chi connectivity index (χ0n) is 15.8. The third-order valence-electron chi connectivity index (χ3n) is 5.63. The molecular weight excluding hydrogens is 350 g/mol. The second-order valence-corrected chi connectivity index (χ2v) is 9.65. The number of quaternary nitrogens is 1. The lowest BCUT2D eigenvalue weighted by atomic mass is 9.99. The van der Waals surface area contributed by atoms with Crippen LogP contribution in [0.5, 0.6) is 0 Å². The van der Waals surface area contributed by atoms with Gasteiger partial charge in [-0.3, -0.25) is 4.79 Å². The summed E-state index contributed by atoms with van der Waals surface area (Å²) in [4.78, 5) is 16.1. The van der Waals surface area contributed by atoms with Gasteiger partial charge in [0.1, 0.15) is 0 Å². The van der Waals surface area contributed by atoms with Crippen LogP contribution >= 0.6 is 0 Å². The summed E-state index contributed by atoms with van der Waals surface area (Å²) in [6.07, 6.45) is 2.37. The highest BCUT2D eigenvalue weighted by Gasteiger charge is 2.31. The predicted molar refractivity (Wildman–Crippen MR) is 100 cm³/mol. The van der Waals surface area contributed by atoms with Gasteiger partial charge in [-0.2, -0.15) is 4.31 Å². The fourth-order valence-electron chi connectivity index (χ4n) is 3.71. The van der Waals surface area contributed by atoms with Crippen molar-refractivity contribution in [3.63, 3.8) is 0 Å². The molecule has 0 aromatic heterocycles. The van der Waals surface area contributed by atoms with Gasteiger partial charge in [0, 0.05) is 26.2 Å². The molecule has 0 aliphatic carbocycles. The van der Waals surface area contributed by atoms with E-state index in [-0.39, 0.29) is 5.91 Å². The van der Waals surface area contributed by atoms with Crippen LogP contribution in [-0.4, -0.2) is 69.3 Å². The lowest BCUT2D eigenvalue weighted by Crippen LogP contribution is -3.14. The maximum Gasteiger partial charge on any atom is 0.277 e. The summed E-state index contributed by atoms with van der Waals surface area (Å²) in [6, 6.07) is 6.94. The van der Waals surface area contributed by atoms with Crippen molar-refractivity contribution in [1.82, 2.24) is 9.21 Å². The number of piperazine rings is 1. The summed E-state index contributed by atoms with van der Waals surface area (Å²) in [5.41, 5.74) is 1.04. The molecule has 3 rings (SSSR count). The number of aryl methyl sites for hydroxylation is 1. The van der Waals surface area contributed by atoms with Gasteiger partial charge in [0.2, 0.25) is 10.0 Å². The van der Waals surface area contributed by atoms with Gasteiger partial charge in [-0.1, -0.05) is 24.6 Å². The summed E-state index contributed by atoms with van der Waals surface area (Å²) < 4.78 is 27.0. The van der Waals surface area contributed by atoms with Gasteiger partial charge in [-0.15, -0.1) is 0 Å². The Morgan fingerprint density at radius 3 is 2.23 bits per heavy atom. The molecule has 0 radical (unpaired) electrons. The van der Waals surface area contributed by atoms with Crippen molar-refractivity contribution < 1.29 is 18.1 Å². The molecule has 2 fully saturated rings. The molecule has 1 aromatic carbocycles. The van der Waals surface area contributed by atoms with Crippen LogP contribution in [0, 0.1) is 12.8 Å². The molecule has 0 unspecified atom stereocenters. The molecule has 1 N–H and O–H groups in total. The molecule has 2 saturated heterocycles. The number of piperidine rings is 1. The number of amides is 1. The normalized spacial score (nSPS) is 25.2. The minimum Gasteiger partial charge on any atom is -0.335 e. The van der Waals surface area contributed by atoms with Crippen molar-refractivity contribution in [2.24, 2.45) is 5.92 Å². The van der Waals surface area contributed by atoms with E-state index in [0.29, 0.717) is 37.6 Å². The van der Waals surface area contributed by atoms with E-state index in [2.05, 4.69) is 6.92 Å². The first-order valence-electron chi connectivity index (χ1n) is 9.54. The van der Waals surface area contributed by atoms with Crippen LogP contribution in [0.2, 0.25) is 0 Å². The first kappa shape index (κ1) is 19.3. The van der Waals surface area contributed by atoms with Gasteiger partial charge < -0.3 is 9.80 Å². The Morgan fingerprint density at radius 1 is 1.08 bits per heavy atom. The molecule has 144 valence electrons. The van der Waals surface area contributed by atoms with Crippen LogP contribution in [0.4, 0.5) is 0 Å². The van der Waals surface area contributed by atoms with E-state index >= 15 is 0 Å². The van der Waals surface area contributed by atoms with E-state index in [1.807, 2.05) is 24.0 Å². The molecule has 26 heavy (non-hydrogen) atoms. The number of carbonyl (C=O) groups is 1. The first-order chi connectivity index (χ1) is 12.4. The van der Waals surface area contributed by atoms with Crippen molar-refractivity contribution in [3.8, 4) is 0 Å². The monoisotopic (exact) mass is 380 g/mol. The molecule has 2 heterocycles. The molecule has 2 aliphatic rings. The number of rotatable bonds is 4. The molecule has 1 aromatic rings. The van der Waals surface area contributed by atoms with E-state index in [0.717, 1.165) is 24.6 Å². The Hall–Kier alpha value is -1.44. The second kappa shape index (κ2) is 8.06. The first-order valence-corrected chi connectivity index (χ1v) is 11.0. The average Bonchev–Trinajstić information content (AvgIpc) is 2.64. The highest BCUT2D eigenvalue weighted by Crippen LogP contribution is 2.18. The lowest BCUT2D eigenvalue weighted by molar-refractivity contribution is -0.898. The van der Waals surface area contributed by atoms with Crippen molar-refractivity contribution in [2.75, 3.05) is 45.8 Å². The SMILES string of the molecule is Cc1ccc(S(=O)(=O)N2CCN(C(=O)C[NH+]3CCC(C)CC3)CC2)cc1. The zero-order chi connectivity index (χ0) is 18.7. The Labute approximate surface area is 156 Å². The molecule has 0 atom stereocenters. The molecule has 6 nitrogen and oxygen atoms in total. The van der Waals surface area contributed by atoms with E-state index in [1.54, 1.807) is 12.1 Å². The molecule has 0 spiro atoms. The fraction of sp³-hybridized carbons (Fsp3) is 0.632. The van der Waals surface area contributed by atoms with E-state index in [4.69, 9.17) is 0 Å². The fourth-order valence-corrected chi connectivity index (χ4v) is 5.13. The predicted octanol–water partition coefficient (Wildman–Crippen LogP) is 0.143. The summed E-state index contributed by atoms with van der Waals surface area (Å²) >= 11 is 0. The van der Waals surface area contributed by atoms with Crippen LogP contribution in [0.15, 0.2) is 29.2 Å². The Kier molecular flexibility index (Phi) is 5.99. The summed E-state index contributed by atoms with van der Waals surface area (Å²) in [5, 5.41) is 0. The standard InChI is InChI=1S/C19H29N3O3S/c1-16-3-5-18(6-4-16)26(24,25)22-13-11-21(12-14-22)19(23)15-20-9-7-17(2)8-10-20/h3-6,17H,7-15H2,1-2H3/p+1. The van der Waals surface area contributed by atoms with Crippen molar-refractivity contribution >= 4 is 15.9 Å². The average molecular weight is 381 g/mol. The summed E-state index contributed by atoms with van der Waals surface area (Å²) in [7, 11) is -3.47. The number of nitrogens with one attached hydrogen (secondary N) is 1. The molecular formula is C19H30N3O3S+. The van der Waals surface area contributed by atoms with Gasteiger partial charge in [0.25, 0.3) is 5.91 Å². The van der Waals surface area contributed by atoms with Crippen molar-refractivity contribution in [1.29, 1.82) is 0 Å². The van der Waals surface area contributed by atoms with Gasteiger partial charge in [0.05, 0.1) is 18.0 Å². The van der Waals surface area contributed by atoms with Gasteiger partial charge >= 0.3 is 0 Å². The number of benzene rings is 1. The molecule has 2 aliphatic heterocycles. The minimum absolute atomic E-state index is 0.155. The quantitative estimate of drug-likeness (QED) is 0.809. The lowest BCUT2D eigenvalue weighted by Gasteiger charge is -2.35. The molecule has 0 bridgehead atoms. The number of hydrogen-bond donors (Lipinski definition) is 1. The zero-order valence-corrected chi connectivity index (χ0v) is 16.6. The van der Waals surface area contributed by atoms with Gasteiger partial charge in [0.15, 0.2) is 6.54 Å². The Morgan fingerprint density at radius 2 is 1.65 bits per heavy atom. The smallest absolute Gasteiger partial charge is 0.277 e. The van der Waals surface area contributed by atoms with Crippen LogP contribution < -0.4 is 4.90 Å². The van der Waals surface area contributed by atoms with Gasteiger partial charge in [-0.25, -0.2) is 8.42 Å². The van der Waals surface area contributed by atoms with Crippen LogP contribution in [0.1, 0.15) is 25.3 Å². The van der Waals surface area contributed by atoms with Crippen molar-refractivity contribution in [2.45, 2.75) is 31.6 Å². The molecule has 1 amide bonds. The number of nitrogens with zero attached hydrogens (tertiary/aromatic N) is 2. The minimum atomic E-state index is -3.47. The number of hydrogen-bond acceptors (Lipinski definition) is 3. The number of sulfonamides is 1.